The van der Waals surface area contributed by atoms with Crippen LogP contribution < -0.4 is 5.73 Å². The van der Waals surface area contributed by atoms with Gasteiger partial charge in [0.15, 0.2) is 0 Å². The third-order valence-electron chi connectivity index (χ3n) is 3.90. The fourth-order valence-electron chi connectivity index (χ4n) is 2.56. The van der Waals surface area contributed by atoms with E-state index in [1.165, 1.54) is 36.8 Å². The summed E-state index contributed by atoms with van der Waals surface area (Å²) in [7, 11) is 0. The summed E-state index contributed by atoms with van der Waals surface area (Å²) in [5.74, 6) is 0.725. The van der Waals surface area contributed by atoms with Gasteiger partial charge in [-0.15, -0.1) is 0 Å². The van der Waals surface area contributed by atoms with E-state index in [4.69, 9.17) is 5.73 Å². The number of aryl methyl sites for hydroxylation is 2. The zero-order chi connectivity index (χ0) is 11.5. The van der Waals surface area contributed by atoms with Gasteiger partial charge in [-0.25, -0.2) is 0 Å². The van der Waals surface area contributed by atoms with Crippen molar-refractivity contribution in [3.8, 4) is 0 Å². The summed E-state index contributed by atoms with van der Waals surface area (Å²) >= 11 is 0. The molecule has 1 aromatic carbocycles. The van der Waals surface area contributed by atoms with Crippen molar-refractivity contribution in [1.82, 2.24) is 0 Å². The van der Waals surface area contributed by atoms with Crippen LogP contribution in [0.15, 0.2) is 18.2 Å². The number of hydrogen-bond acceptors (Lipinski definition) is 1. The van der Waals surface area contributed by atoms with E-state index >= 15 is 0 Å². The first-order valence-corrected chi connectivity index (χ1v) is 6.58. The Labute approximate surface area is 99.0 Å². The van der Waals surface area contributed by atoms with Gasteiger partial charge in [0, 0.05) is 6.04 Å². The Morgan fingerprint density at radius 1 is 1.25 bits per heavy atom. The number of hydrogen-bond donors (Lipinski definition) is 1. The lowest BCUT2D eigenvalue weighted by Crippen LogP contribution is -2.14. The molecule has 0 saturated carbocycles. The Hall–Kier alpha value is -0.820. The van der Waals surface area contributed by atoms with Crippen LogP contribution in [0, 0.1) is 5.92 Å². The maximum Gasteiger partial charge on any atom is 0.0297 e. The lowest BCUT2D eigenvalue weighted by molar-refractivity contribution is 0.461. The molecule has 16 heavy (non-hydrogen) atoms. The summed E-state index contributed by atoms with van der Waals surface area (Å²) in [5, 5.41) is 0. The van der Waals surface area contributed by atoms with Crippen LogP contribution in [0.25, 0.3) is 0 Å². The molecule has 1 aromatic rings. The molecule has 2 N–H and O–H groups in total. The molecule has 0 aromatic heterocycles. The van der Waals surface area contributed by atoms with Crippen LogP contribution in [0.1, 0.15) is 55.8 Å². The van der Waals surface area contributed by atoms with Crippen molar-refractivity contribution < 1.29 is 0 Å². The Bertz CT molecular complexity index is 356. The molecule has 1 aliphatic carbocycles. The highest BCUT2D eigenvalue weighted by molar-refractivity contribution is 5.36. The van der Waals surface area contributed by atoms with Crippen molar-refractivity contribution in [1.29, 1.82) is 0 Å². The summed E-state index contributed by atoms with van der Waals surface area (Å²) in [6.45, 7) is 4.52. The standard InChI is InChI=1S/C15H23N/c1-3-11(2)9-15(16)14-8-7-12-5-4-6-13(12)10-14/h7-8,10-11,15H,3-6,9,16H2,1-2H3. The van der Waals surface area contributed by atoms with Crippen molar-refractivity contribution in [2.24, 2.45) is 11.7 Å². The zero-order valence-corrected chi connectivity index (χ0v) is 10.5. The quantitative estimate of drug-likeness (QED) is 0.819. The maximum absolute atomic E-state index is 6.27. The SMILES string of the molecule is CCC(C)CC(N)c1ccc2c(c1)CCC2. The van der Waals surface area contributed by atoms with E-state index in [1.807, 2.05) is 0 Å². The van der Waals surface area contributed by atoms with Crippen LogP contribution in [-0.2, 0) is 12.8 Å². The van der Waals surface area contributed by atoms with E-state index < -0.39 is 0 Å². The summed E-state index contributed by atoms with van der Waals surface area (Å²) in [6, 6.07) is 7.08. The highest BCUT2D eigenvalue weighted by atomic mass is 14.6. The lowest BCUT2D eigenvalue weighted by Gasteiger charge is -2.17. The lowest BCUT2D eigenvalue weighted by atomic mass is 9.93. The van der Waals surface area contributed by atoms with E-state index in [2.05, 4.69) is 32.0 Å². The molecule has 1 nitrogen and oxygen atoms in total. The fourth-order valence-corrected chi connectivity index (χ4v) is 2.56. The predicted octanol–water partition coefficient (Wildman–Crippen LogP) is 3.61. The van der Waals surface area contributed by atoms with Crippen LogP contribution in [0.4, 0.5) is 0 Å². The van der Waals surface area contributed by atoms with Crippen LogP contribution in [0.2, 0.25) is 0 Å². The zero-order valence-electron chi connectivity index (χ0n) is 10.5. The fraction of sp³-hybridized carbons (Fsp3) is 0.600. The number of benzene rings is 1. The molecule has 2 rings (SSSR count). The highest BCUT2D eigenvalue weighted by Gasteiger charge is 2.14. The molecule has 0 saturated heterocycles. The average molecular weight is 217 g/mol. The Morgan fingerprint density at radius 3 is 2.75 bits per heavy atom. The van der Waals surface area contributed by atoms with Gasteiger partial charge in [-0.2, -0.15) is 0 Å². The number of nitrogens with two attached hydrogens (primary N) is 1. The average Bonchev–Trinajstić information content (AvgIpc) is 2.75. The summed E-state index contributed by atoms with van der Waals surface area (Å²) in [6.07, 6.45) is 6.16. The molecule has 88 valence electrons. The molecular formula is C15H23N. The second-order valence-electron chi connectivity index (χ2n) is 5.24. The molecule has 2 unspecified atom stereocenters. The number of rotatable bonds is 4. The smallest absolute Gasteiger partial charge is 0.0297 e. The largest absolute Gasteiger partial charge is 0.324 e. The first kappa shape index (κ1) is 11.7. The highest BCUT2D eigenvalue weighted by Crippen LogP contribution is 2.27. The maximum atomic E-state index is 6.27. The van der Waals surface area contributed by atoms with Crippen LogP contribution >= 0.6 is 0 Å². The van der Waals surface area contributed by atoms with E-state index in [9.17, 15) is 0 Å². The minimum absolute atomic E-state index is 0.223. The molecule has 0 aliphatic heterocycles. The normalized spacial score (nSPS) is 18.2. The molecule has 0 amide bonds. The van der Waals surface area contributed by atoms with E-state index in [0.717, 1.165) is 12.3 Å². The first-order valence-electron chi connectivity index (χ1n) is 6.58. The third-order valence-corrected chi connectivity index (χ3v) is 3.90. The molecule has 0 fully saturated rings. The second kappa shape index (κ2) is 5.01. The molecule has 2 atom stereocenters. The van der Waals surface area contributed by atoms with Crippen molar-refractivity contribution in [2.45, 2.75) is 52.0 Å². The Morgan fingerprint density at radius 2 is 2.00 bits per heavy atom. The van der Waals surface area contributed by atoms with Gasteiger partial charge in [0.05, 0.1) is 0 Å². The first-order chi connectivity index (χ1) is 7.70. The molecule has 0 spiro atoms. The van der Waals surface area contributed by atoms with Gasteiger partial charge in [-0.1, -0.05) is 38.5 Å². The van der Waals surface area contributed by atoms with Gasteiger partial charge < -0.3 is 5.73 Å². The van der Waals surface area contributed by atoms with E-state index in [1.54, 1.807) is 5.56 Å². The van der Waals surface area contributed by atoms with E-state index in [0.29, 0.717) is 0 Å². The van der Waals surface area contributed by atoms with Crippen LogP contribution in [0.5, 0.6) is 0 Å². The van der Waals surface area contributed by atoms with E-state index in [-0.39, 0.29) is 6.04 Å². The van der Waals surface area contributed by atoms with Gasteiger partial charge >= 0.3 is 0 Å². The number of fused-ring (bicyclic) bond motifs is 1. The minimum atomic E-state index is 0.223. The van der Waals surface area contributed by atoms with Crippen molar-refractivity contribution >= 4 is 0 Å². The monoisotopic (exact) mass is 217 g/mol. The molecule has 1 aliphatic rings. The van der Waals surface area contributed by atoms with Crippen molar-refractivity contribution in [3.05, 3.63) is 34.9 Å². The summed E-state index contributed by atoms with van der Waals surface area (Å²) < 4.78 is 0. The second-order valence-corrected chi connectivity index (χ2v) is 5.24. The topological polar surface area (TPSA) is 26.0 Å². The Balaban J connectivity index is 2.09. The van der Waals surface area contributed by atoms with Gasteiger partial charge in [0.25, 0.3) is 0 Å². The van der Waals surface area contributed by atoms with Crippen LogP contribution in [0.3, 0.4) is 0 Å². The summed E-state index contributed by atoms with van der Waals surface area (Å²) in [5.41, 5.74) is 10.7. The molecule has 0 radical (unpaired) electrons. The van der Waals surface area contributed by atoms with Gasteiger partial charge in [0.2, 0.25) is 0 Å². The van der Waals surface area contributed by atoms with Crippen molar-refractivity contribution in [3.63, 3.8) is 0 Å². The molecule has 0 bridgehead atoms. The van der Waals surface area contributed by atoms with Gasteiger partial charge in [-0.3, -0.25) is 0 Å². The minimum Gasteiger partial charge on any atom is -0.324 e. The predicted molar refractivity (Wildman–Crippen MR) is 69.5 cm³/mol. The van der Waals surface area contributed by atoms with Gasteiger partial charge in [-0.05, 0) is 48.3 Å². The van der Waals surface area contributed by atoms with Crippen molar-refractivity contribution in [2.75, 3.05) is 0 Å². The third kappa shape index (κ3) is 2.46. The van der Waals surface area contributed by atoms with Gasteiger partial charge in [0.1, 0.15) is 0 Å². The summed E-state index contributed by atoms with van der Waals surface area (Å²) in [4.78, 5) is 0. The molecule has 1 heteroatoms. The van der Waals surface area contributed by atoms with Crippen LogP contribution in [-0.4, -0.2) is 0 Å². The molecule has 0 heterocycles. The Kier molecular flexibility index (Phi) is 3.65. The molecular weight excluding hydrogens is 194 g/mol.